The van der Waals surface area contributed by atoms with Gasteiger partial charge in [-0.1, -0.05) is 12.1 Å². The Hall–Kier alpha value is -1.86. The van der Waals surface area contributed by atoms with E-state index in [-0.39, 0.29) is 12.3 Å². The van der Waals surface area contributed by atoms with Gasteiger partial charge in [0.15, 0.2) is 5.76 Å². The highest BCUT2D eigenvalue weighted by atomic mass is 32.2. The lowest BCUT2D eigenvalue weighted by molar-refractivity contribution is 0.377. The van der Waals surface area contributed by atoms with Crippen LogP contribution in [0, 0.1) is 0 Å². The summed E-state index contributed by atoms with van der Waals surface area (Å²) in [4.78, 5) is 4.17. The number of ether oxygens (including phenoxy) is 1. The van der Waals surface area contributed by atoms with Crippen molar-refractivity contribution in [2.24, 2.45) is 0 Å². The van der Waals surface area contributed by atoms with Crippen LogP contribution >= 0.6 is 0 Å². The fourth-order valence-corrected chi connectivity index (χ4v) is 3.84. The molecular formula is C14H16N2O4S. The van der Waals surface area contributed by atoms with E-state index in [4.69, 9.17) is 9.15 Å². The molecule has 6 nitrogen and oxygen atoms in total. The fourth-order valence-electron chi connectivity index (χ4n) is 2.38. The number of hydrogen-bond donors (Lipinski definition) is 0. The quantitative estimate of drug-likeness (QED) is 0.862. The predicted octanol–water partition coefficient (Wildman–Crippen LogP) is 1.89. The summed E-state index contributed by atoms with van der Waals surface area (Å²) >= 11 is 0. The molecular weight excluding hydrogens is 292 g/mol. The molecule has 1 aliphatic heterocycles. The van der Waals surface area contributed by atoms with E-state index >= 15 is 0 Å². The number of nitrogens with zero attached hydrogens (tertiary/aromatic N) is 2. The Labute approximate surface area is 123 Å². The molecule has 0 bridgehead atoms. The van der Waals surface area contributed by atoms with Gasteiger partial charge in [-0.25, -0.2) is 13.4 Å². The third-order valence-electron chi connectivity index (χ3n) is 3.44. The second-order valence-electron chi connectivity index (χ2n) is 4.82. The monoisotopic (exact) mass is 308 g/mol. The minimum Gasteiger partial charge on any atom is -0.496 e. The zero-order valence-corrected chi connectivity index (χ0v) is 12.5. The lowest BCUT2D eigenvalue weighted by atomic mass is 10.1. The molecule has 1 aromatic carbocycles. The number of para-hydroxylation sites is 1. The van der Waals surface area contributed by atoms with Crippen molar-refractivity contribution in [3.63, 3.8) is 0 Å². The molecule has 1 aliphatic rings. The van der Waals surface area contributed by atoms with Gasteiger partial charge in [-0.2, -0.15) is 4.31 Å². The van der Waals surface area contributed by atoms with E-state index in [0.717, 1.165) is 5.56 Å². The topological polar surface area (TPSA) is 72.6 Å². The molecule has 0 atom stereocenters. The van der Waals surface area contributed by atoms with Crippen LogP contribution in [0.3, 0.4) is 0 Å². The Morgan fingerprint density at radius 3 is 2.90 bits per heavy atom. The second kappa shape index (κ2) is 5.50. The van der Waals surface area contributed by atoms with E-state index in [0.29, 0.717) is 30.4 Å². The Balaban J connectivity index is 1.84. The SMILES string of the molecule is COc1ccccc1-c1cnc(CN2CCCS2(=O)=O)o1. The van der Waals surface area contributed by atoms with Gasteiger partial charge in [0.1, 0.15) is 5.75 Å². The first-order valence-electron chi connectivity index (χ1n) is 6.66. The Kier molecular flexibility index (Phi) is 3.69. The molecule has 21 heavy (non-hydrogen) atoms. The standard InChI is InChI=1S/C14H16N2O4S/c1-19-12-6-3-2-5-11(12)13-9-15-14(20-13)10-16-7-4-8-21(16,17)18/h2-3,5-6,9H,4,7-8,10H2,1H3. The molecule has 2 heterocycles. The van der Waals surface area contributed by atoms with Crippen LogP contribution in [-0.4, -0.2) is 37.1 Å². The summed E-state index contributed by atoms with van der Waals surface area (Å²) in [5, 5.41) is 0. The summed E-state index contributed by atoms with van der Waals surface area (Å²) in [5.41, 5.74) is 0.794. The number of oxazole rings is 1. The van der Waals surface area contributed by atoms with Crippen molar-refractivity contribution >= 4 is 10.0 Å². The molecule has 3 rings (SSSR count). The van der Waals surface area contributed by atoms with Gasteiger partial charge in [-0.05, 0) is 18.6 Å². The lowest BCUT2D eigenvalue weighted by Gasteiger charge is -2.11. The third kappa shape index (κ3) is 2.79. The smallest absolute Gasteiger partial charge is 0.214 e. The summed E-state index contributed by atoms with van der Waals surface area (Å²) < 4.78 is 35.9. The average molecular weight is 308 g/mol. The van der Waals surface area contributed by atoms with Gasteiger partial charge >= 0.3 is 0 Å². The van der Waals surface area contributed by atoms with E-state index in [1.165, 1.54) is 4.31 Å². The minimum absolute atomic E-state index is 0.178. The number of benzene rings is 1. The van der Waals surface area contributed by atoms with Crippen molar-refractivity contribution in [2.75, 3.05) is 19.4 Å². The van der Waals surface area contributed by atoms with Crippen LogP contribution in [0.5, 0.6) is 5.75 Å². The van der Waals surface area contributed by atoms with E-state index in [2.05, 4.69) is 4.98 Å². The van der Waals surface area contributed by atoms with Crippen LogP contribution in [0.15, 0.2) is 34.9 Å². The number of rotatable bonds is 4. The van der Waals surface area contributed by atoms with Crippen LogP contribution < -0.4 is 4.74 Å². The lowest BCUT2D eigenvalue weighted by Crippen LogP contribution is -2.25. The van der Waals surface area contributed by atoms with Gasteiger partial charge in [-0.15, -0.1) is 0 Å². The highest BCUT2D eigenvalue weighted by molar-refractivity contribution is 7.89. The van der Waals surface area contributed by atoms with Crippen molar-refractivity contribution < 1.29 is 17.6 Å². The first-order valence-corrected chi connectivity index (χ1v) is 8.27. The summed E-state index contributed by atoms with van der Waals surface area (Å²) in [5.74, 6) is 1.85. The highest BCUT2D eigenvalue weighted by Gasteiger charge is 2.29. The molecule has 0 radical (unpaired) electrons. The van der Waals surface area contributed by atoms with Gasteiger partial charge in [0.2, 0.25) is 15.9 Å². The van der Waals surface area contributed by atoms with E-state index in [1.54, 1.807) is 13.3 Å². The van der Waals surface area contributed by atoms with Crippen molar-refractivity contribution in [2.45, 2.75) is 13.0 Å². The Morgan fingerprint density at radius 1 is 1.38 bits per heavy atom. The third-order valence-corrected chi connectivity index (χ3v) is 5.34. The number of sulfonamides is 1. The second-order valence-corrected chi connectivity index (χ2v) is 6.91. The van der Waals surface area contributed by atoms with E-state index in [9.17, 15) is 8.42 Å². The maximum absolute atomic E-state index is 11.8. The van der Waals surface area contributed by atoms with E-state index in [1.807, 2.05) is 24.3 Å². The van der Waals surface area contributed by atoms with Crippen LogP contribution in [0.1, 0.15) is 12.3 Å². The molecule has 0 unspecified atom stereocenters. The zero-order valence-electron chi connectivity index (χ0n) is 11.7. The first kappa shape index (κ1) is 14.1. The van der Waals surface area contributed by atoms with Crippen molar-refractivity contribution in [1.29, 1.82) is 0 Å². The average Bonchev–Trinajstić information content (AvgIpc) is 3.06. The van der Waals surface area contributed by atoms with Crippen molar-refractivity contribution in [1.82, 2.24) is 9.29 Å². The van der Waals surface area contributed by atoms with Crippen molar-refractivity contribution in [3.05, 3.63) is 36.4 Å². The molecule has 0 N–H and O–H groups in total. The molecule has 112 valence electrons. The maximum Gasteiger partial charge on any atom is 0.214 e. The molecule has 0 amide bonds. The minimum atomic E-state index is -3.14. The molecule has 7 heteroatoms. The predicted molar refractivity (Wildman–Crippen MR) is 77.3 cm³/mol. The Morgan fingerprint density at radius 2 is 2.19 bits per heavy atom. The maximum atomic E-state index is 11.8. The van der Waals surface area contributed by atoms with Crippen LogP contribution in [0.2, 0.25) is 0 Å². The van der Waals surface area contributed by atoms with Crippen LogP contribution in [0.4, 0.5) is 0 Å². The molecule has 0 aliphatic carbocycles. The highest BCUT2D eigenvalue weighted by Crippen LogP contribution is 2.30. The summed E-state index contributed by atoms with van der Waals surface area (Å²) in [7, 11) is -1.55. The largest absolute Gasteiger partial charge is 0.496 e. The van der Waals surface area contributed by atoms with Gasteiger partial charge < -0.3 is 9.15 Å². The normalized spacial score (nSPS) is 18.0. The summed E-state index contributed by atoms with van der Waals surface area (Å²) in [6, 6.07) is 7.46. The van der Waals surface area contributed by atoms with E-state index < -0.39 is 10.0 Å². The van der Waals surface area contributed by atoms with Gasteiger partial charge in [0, 0.05) is 6.54 Å². The molecule has 0 saturated carbocycles. The van der Waals surface area contributed by atoms with Gasteiger partial charge in [0.05, 0.1) is 31.2 Å². The number of hydrogen-bond acceptors (Lipinski definition) is 5. The Bertz CT molecular complexity index is 739. The molecule has 2 aromatic rings. The van der Waals surface area contributed by atoms with Crippen LogP contribution in [0.25, 0.3) is 11.3 Å². The molecule has 1 aromatic heterocycles. The summed E-state index contributed by atoms with van der Waals surface area (Å²) in [6.45, 7) is 0.701. The number of aromatic nitrogens is 1. The van der Waals surface area contributed by atoms with Gasteiger partial charge in [-0.3, -0.25) is 0 Å². The summed E-state index contributed by atoms with van der Waals surface area (Å²) in [6.07, 6.45) is 2.25. The molecule has 1 saturated heterocycles. The number of methoxy groups -OCH3 is 1. The molecule has 1 fully saturated rings. The zero-order chi connectivity index (χ0) is 14.9. The first-order chi connectivity index (χ1) is 10.1. The van der Waals surface area contributed by atoms with Crippen LogP contribution in [-0.2, 0) is 16.6 Å². The fraction of sp³-hybridized carbons (Fsp3) is 0.357. The van der Waals surface area contributed by atoms with Gasteiger partial charge in [0.25, 0.3) is 0 Å². The van der Waals surface area contributed by atoms with Crippen molar-refractivity contribution in [3.8, 4) is 17.1 Å². The molecule has 0 spiro atoms.